The summed E-state index contributed by atoms with van der Waals surface area (Å²) in [6.07, 6.45) is 0. The smallest absolute Gasteiger partial charge is 0.322 e. The van der Waals surface area contributed by atoms with Gasteiger partial charge in [-0.25, -0.2) is 0 Å². The summed E-state index contributed by atoms with van der Waals surface area (Å²) in [4.78, 5) is 12.0. The summed E-state index contributed by atoms with van der Waals surface area (Å²) in [5.74, 6) is 2.51. The van der Waals surface area contributed by atoms with Crippen molar-refractivity contribution in [3.05, 3.63) is 54.1 Å². The first-order valence-corrected chi connectivity index (χ1v) is 9.58. The Kier molecular flexibility index (Phi) is 5.24. The zero-order chi connectivity index (χ0) is 18.5. The maximum Gasteiger partial charge on any atom is 0.322 e. The molecular weight excluding hydrogens is 366 g/mol. The maximum absolute atomic E-state index is 12.0. The van der Waals surface area contributed by atoms with Gasteiger partial charge in [0.05, 0.1) is 5.75 Å². The number of nitrogens with one attached hydrogen (secondary N) is 1. The summed E-state index contributed by atoms with van der Waals surface area (Å²) in [5.41, 5.74) is 1.87. The molecule has 1 aromatic heterocycles. The Hall–Kier alpha value is -3.00. The normalized spacial score (nSPS) is 12.6. The molecule has 3 aromatic rings. The molecule has 0 radical (unpaired) electrons. The molecule has 0 saturated carbocycles. The van der Waals surface area contributed by atoms with Crippen molar-refractivity contribution in [1.29, 1.82) is 0 Å². The molecule has 0 spiro atoms. The van der Waals surface area contributed by atoms with Crippen LogP contribution in [0, 0.1) is 0 Å². The van der Waals surface area contributed by atoms with E-state index < -0.39 is 0 Å². The second kappa shape index (κ2) is 8.13. The number of anilines is 1. The van der Waals surface area contributed by atoms with Crippen LogP contribution in [0.3, 0.4) is 0 Å². The molecule has 0 unspecified atom stereocenters. The Bertz CT molecular complexity index is 930. The van der Waals surface area contributed by atoms with Crippen LogP contribution in [0.25, 0.3) is 11.5 Å². The minimum absolute atomic E-state index is 0.0743. The number of hydrogen-bond acceptors (Lipinski definition) is 7. The number of amides is 1. The van der Waals surface area contributed by atoms with Crippen molar-refractivity contribution in [2.24, 2.45) is 0 Å². The third kappa shape index (κ3) is 4.40. The molecule has 8 heteroatoms. The Labute approximate surface area is 160 Å². The minimum Gasteiger partial charge on any atom is -0.486 e. The fourth-order valence-electron chi connectivity index (χ4n) is 2.56. The highest BCUT2D eigenvalue weighted by Crippen LogP contribution is 2.34. The van der Waals surface area contributed by atoms with Gasteiger partial charge in [-0.05, 0) is 23.8 Å². The maximum atomic E-state index is 12.0. The van der Waals surface area contributed by atoms with Gasteiger partial charge in [0.1, 0.15) is 13.2 Å². The molecule has 1 N–H and O–H groups in total. The van der Waals surface area contributed by atoms with E-state index in [0.717, 1.165) is 5.75 Å². The van der Waals surface area contributed by atoms with Crippen molar-refractivity contribution in [2.75, 3.05) is 24.3 Å². The minimum atomic E-state index is -0.187. The summed E-state index contributed by atoms with van der Waals surface area (Å²) in [6, 6.07) is 15.4. The average molecular weight is 383 g/mol. The van der Waals surface area contributed by atoms with Crippen molar-refractivity contribution in [2.45, 2.75) is 5.75 Å². The lowest BCUT2D eigenvalue weighted by Crippen LogP contribution is -2.15. The molecule has 0 bridgehead atoms. The number of ether oxygens (including phenoxy) is 2. The van der Waals surface area contributed by atoms with Crippen LogP contribution in [-0.2, 0) is 10.5 Å². The number of fused-ring (bicyclic) bond motifs is 1. The van der Waals surface area contributed by atoms with Crippen molar-refractivity contribution in [1.82, 2.24) is 10.2 Å². The van der Waals surface area contributed by atoms with Crippen LogP contribution in [0.4, 0.5) is 6.01 Å². The fraction of sp³-hybridized carbons (Fsp3) is 0.211. The van der Waals surface area contributed by atoms with Gasteiger partial charge in [0.25, 0.3) is 0 Å². The van der Waals surface area contributed by atoms with E-state index in [1.165, 1.54) is 17.3 Å². The van der Waals surface area contributed by atoms with Gasteiger partial charge in [0.15, 0.2) is 11.5 Å². The zero-order valence-electron chi connectivity index (χ0n) is 14.4. The largest absolute Gasteiger partial charge is 0.486 e. The first kappa shape index (κ1) is 17.4. The molecule has 1 amide bonds. The monoisotopic (exact) mass is 383 g/mol. The predicted molar refractivity (Wildman–Crippen MR) is 102 cm³/mol. The van der Waals surface area contributed by atoms with Gasteiger partial charge < -0.3 is 13.9 Å². The van der Waals surface area contributed by atoms with Gasteiger partial charge >= 0.3 is 6.01 Å². The second-order valence-corrected chi connectivity index (χ2v) is 6.78. The number of carbonyl (C=O) groups is 1. The van der Waals surface area contributed by atoms with Crippen LogP contribution >= 0.6 is 11.8 Å². The van der Waals surface area contributed by atoms with Crippen LogP contribution in [0.5, 0.6) is 11.5 Å². The molecule has 4 rings (SSSR count). The molecule has 0 fully saturated rings. The van der Waals surface area contributed by atoms with Crippen molar-refractivity contribution in [3.8, 4) is 23.0 Å². The number of rotatable bonds is 6. The third-order valence-corrected chi connectivity index (χ3v) is 4.81. The molecule has 0 aliphatic carbocycles. The quantitative estimate of drug-likeness (QED) is 0.698. The topological polar surface area (TPSA) is 86.5 Å². The van der Waals surface area contributed by atoms with Gasteiger partial charge in [0.2, 0.25) is 11.8 Å². The number of carbonyl (C=O) groups excluding carboxylic acids is 1. The molecule has 27 heavy (non-hydrogen) atoms. The van der Waals surface area contributed by atoms with Gasteiger partial charge in [-0.3, -0.25) is 10.1 Å². The first-order chi connectivity index (χ1) is 13.3. The highest BCUT2D eigenvalue weighted by Gasteiger charge is 2.16. The summed E-state index contributed by atoms with van der Waals surface area (Å²) >= 11 is 1.52. The van der Waals surface area contributed by atoms with Crippen molar-refractivity contribution in [3.63, 3.8) is 0 Å². The number of hydrogen-bond donors (Lipinski definition) is 1. The highest BCUT2D eigenvalue weighted by atomic mass is 32.2. The van der Waals surface area contributed by atoms with Crippen molar-refractivity contribution < 1.29 is 18.7 Å². The second-order valence-electron chi connectivity index (χ2n) is 5.80. The Morgan fingerprint density at radius 1 is 1.04 bits per heavy atom. The van der Waals surface area contributed by atoms with Gasteiger partial charge in [-0.15, -0.1) is 16.9 Å². The average Bonchev–Trinajstić information content (AvgIpc) is 3.17. The van der Waals surface area contributed by atoms with E-state index in [-0.39, 0.29) is 11.9 Å². The van der Waals surface area contributed by atoms with E-state index in [9.17, 15) is 4.79 Å². The Balaban J connectivity index is 1.33. The molecule has 138 valence electrons. The summed E-state index contributed by atoms with van der Waals surface area (Å²) in [6.45, 7) is 1.04. The van der Waals surface area contributed by atoms with E-state index >= 15 is 0 Å². The van der Waals surface area contributed by atoms with Crippen LogP contribution in [0.2, 0.25) is 0 Å². The molecule has 2 heterocycles. The number of benzene rings is 2. The van der Waals surface area contributed by atoms with E-state index in [0.29, 0.717) is 41.9 Å². The van der Waals surface area contributed by atoms with E-state index in [1.807, 2.05) is 36.4 Å². The Morgan fingerprint density at radius 3 is 2.70 bits per heavy atom. The lowest BCUT2D eigenvalue weighted by molar-refractivity contribution is -0.113. The summed E-state index contributed by atoms with van der Waals surface area (Å²) in [7, 11) is 0. The standard InChI is InChI=1S/C19H17N3O4S/c23-17(12-27-11-13-4-2-1-3-5-13)20-19-22-21-18(26-19)14-6-7-15-16(10-14)25-9-8-24-15/h1-7,10H,8-9,11-12H2,(H,20,22,23). The number of aromatic nitrogens is 2. The molecule has 1 aliphatic heterocycles. The molecular formula is C19H17N3O4S. The van der Waals surface area contributed by atoms with Crippen molar-refractivity contribution >= 4 is 23.7 Å². The molecule has 1 aliphatic rings. The predicted octanol–water partition coefficient (Wildman–Crippen LogP) is 3.38. The Morgan fingerprint density at radius 2 is 1.85 bits per heavy atom. The molecule has 0 saturated heterocycles. The third-order valence-electron chi connectivity index (χ3n) is 3.81. The van der Waals surface area contributed by atoms with Gasteiger partial charge in [-0.1, -0.05) is 35.4 Å². The van der Waals surface area contributed by atoms with Crippen LogP contribution in [0.15, 0.2) is 52.9 Å². The summed E-state index contributed by atoms with van der Waals surface area (Å²) < 4.78 is 16.6. The van der Waals surface area contributed by atoms with E-state index in [2.05, 4.69) is 15.5 Å². The van der Waals surface area contributed by atoms with Crippen LogP contribution < -0.4 is 14.8 Å². The van der Waals surface area contributed by atoms with Gasteiger partial charge in [0, 0.05) is 11.3 Å². The van der Waals surface area contributed by atoms with E-state index in [4.69, 9.17) is 13.9 Å². The summed E-state index contributed by atoms with van der Waals surface area (Å²) in [5, 5.41) is 10.5. The zero-order valence-corrected chi connectivity index (χ0v) is 15.2. The highest BCUT2D eigenvalue weighted by molar-refractivity contribution is 7.99. The lowest BCUT2D eigenvalue weighted by atomic mass is 10.2. The SMILES string of the molecule is O=C(CSCc1ccccc1)Nc1nnc(-c2ccc3c(c2)OCCO3)o1. The molecule has 0 atom stereocenters. The van der Waals surface area contributed by atoms with Crippen LogP contribution in [-0.4, -0.2) is 35.1 Å². The van der Waals surface area contributed by atoms with Gasteiger partial charge in [-0.2, -0.15) is 0 Å². The van der Waals surface area contributed by atoms with E-state index in [1.54, 1.807) is 12.1 Å². The fourth-order valence-corrected chi connectivity index (χ4v) is 3.35. The van der Waals surface area contributed by atoms with Crippen LogP contribution in [0.1, 0.15) is 5.56 Å². The number of nitrogens with zero attached hydrogens (tertiary/aromatic N) is 2. The lowest BCUT2D eigenvalue weighted by Gasteiger charge is -2.18. The first-order valence-electron chi connectivity index (χ1n) is 8.43. The molecule has 2 aromatic carbocycles. The molecule has 7 nitrogen and oxygen atoms in total. The number of thioether (sulfide) groups is 1.